The maximum atomic E-state index is 12.7. The predicted octanol–water partition coefficient (Wildman–Crippen LogP) is -4.01. The van der Waals surface area contributed by atoms with Crippen molar-refractivity contribution in [2.24, 2.45) is 5.92 Å². The number of likely N-dealkylation sites (tertiary alicyclic amines) is 1. The van der Waals surface area contributed by atoms with Crippen LogP contribution in [0, 0.1) is 5.92 Å². The molecule has 3 atom stereocenters. The molecule has 0 aromatic heterocycles. The summed E-state index contributed by atoms with van der Waals surface area (Å²) in [6.45, 7) is -0.740. The van der Waals surface area contributed by atoms with Gasteiger partial charge in [-0.15, -0.1) is 0 Å². The molecule has 3 rings (SSSR count). The molecule has 3 aliphatic rings. The van der Waals surface area contributed by atoms with Crippen molar-refractivity contribution < 1.29 is 72.1 Å². The van der Waals surface area contributed by atoms with Crippen molar-refractivity contribution in [2.45, 2.75) is 24.7 Å². The van der Waals surface area contributed by atoms with Crippen molar-refractivity contribution in [3.05, 3.63) is 11.3 Å². The van der Waals surface area contributed by atoms with E-state index >= 15 is 0 Å². The molecule has 0 bridgehead atoms. The molecule has 0 saturated carbocycles. The van der Waals surface area contributed by atoms with Gasteiger partial charge in [-0.2, -0.15) is 13.2 Å². The van der Waals surface area contributed by atoms with Crippen LogP contribution in [0.15, 0.2) is 11.3 Å². The molecule has 0 unspecified atom stereocenters. The average Bonchev–Trinajstić information content (AvgIpc) is 2.84. The number of carbonyl (C=O) groups is 3. The Bertz CT molecular complexity index is 849. The number of hydrogen-bond acceptors (Lipinski definition) is 5. The first-order valence-electron chi connectivity index (χ1n) is 7.43. The molecule has 0 aliphatic carbocycles. The summed E-state index contributed by atoms with van der Waals surface area (Å²) in [6.07, 6.45) is -4.31. The number of carboxylic acids is 1. The van der Waals surface area contributed by atoms with Crippen molar-refractivity contribution in [1.82, 2.24) is 14.5 Å². The van der Waals surface area contributed by atoms with E-state index in [1.165, 1.54) is 0 Å². The molecule has 27 heavy (non-hydrogen) atoms. The number of amides is 2. The van der Waals surface area contributed by atoms with E-state index in [2.05, 4.69) is 4.72 Å². The normalized spacial score (nSPS) is 27.1. The number of halogens is 3. The van der Waals surface area contributed by atoms with Crippen LogP contribution in [0.1, 0.15) is 7.85 Å². The molecule has 0 radical (unpaired) electrons. The molecule has 146 valence electrons. The van der Waals surface area contributed by atoms with Crippen molar-refractivity contribution >= 4 is 27.8 Å². The molecule has 0 spiro atoms. The number of aliphatic carboxylic acids is 1. The number of β-lactam (4-membered cyclic amide) rings is 1. The van der Waals surface area contributed by atoms with Gasteiger partial charge in [0, 0.05) is 19.0 Å². The number of rotatable bonds is 4. The quantitative estimate of drug-likeness (QED) is 0.352. The van der Waals surface area contributed by atoms with E-state index in [-0.39, 0.29) is 56.1 Å². The van der Waals surface area contributed by atoms with Crippen LogP contribution in [0.2, 0.25) is 0 Å². The van der Waals surface area contributed by atoms with Gasteiger partial charge in [-0.1, -0.05) is 0 Å². The molecule has 2 fully saturated rings. The summed E-state index contributed by atoms with van der Waals surface area (Å²) in [7, 11) is -3.65. The molecule has 14 heteroatoms. The van der Waals surface area contributed by atoms with Gasteiger partial charge in [0.25, 0.3) is 5.91 Å². The average molecular weight is 421 g/mol. The summed E-state index contributed by atoms with van der Waals surface area (Å²) in [5.41, 5.74) is -0.359. The number of sulfonamides is 1. The van der Waals surface area contributed by atoms with Gasteiger partial charge >= 0.3 is 47.6 Å². The first-order chi connectivity index (χ1) is 11.8. The first-order valence-corrected chi connectivity index (χ1v) is 9.33. The predicted molar refractivity (Wildman–Crippen MR) is 78.9 cm³/mol. The Morgan fingerprint density at radius 2 is 1.96 bits per heavy atom. The van der Waals surface area contributed by atoms with Gasteiger partial charge in [-0.3, -0.25) is 14.5 Å². The van der Waals surface area contributed by atoms with Gasteiger partial charge in [0.2, 0.25) is 10.0 Å². The number of nitrogens with zero attached hydrogens (tertiary/aromatic N) is 2. The third-order valence-corrected chi connectivity index (χ3v) is 5.37. The van der Waals surface area contributed by atoms with Gasteiger partial charge in [0.05, 0.1) is 12.3 Å². The summed E-state index contributed by atoms with van der Waals surface area (Å²) in [6, 6.07) is -2.19. The molecule has 9 nitrogen and oxygen atoms in total. The maximum absolute atomic E-state index is 12.7. The number of carboxylic acid groups (broad SMARTS) is 1. The van der Waals surface area contributed by atoms with E-state index in [0.29, 0.717) is 4.90 Å². The zero-order valence-corrected chi connectivity index (χ0v) is 17.1. The van der Waals surface area contributed by atoms with Crippen LogP contribution < -0.4 is 34.3 Å². The fourth-order valence-electron chi connectivity index (χ4n) is 3.78. The van der Waals surface area contributed by atoms with E-state index < -0.39 is 57.7 Å². The third-order valence-electron chi connectivity index (χ3n) is 4.70. The molecule has 3 aliphatic heterocycles. The summed E-state index contributed by atoms with van der Waals surface area (Å²) in [4.78, 5) is 36.7. The van der Waals surface area contributed by atoms with Crippen LogP contribution in [0.4, 0.5) is 13.2 Å². The molecule has 0 aromatic rings. The van der Waals surface area contributed by atoms with Crippen LogP contribution in [-0.2, 0) is 24.4 Å². The topological polar surface area (TPSA) is 124 Å². The van der Waals surface area contributed by atoms with Crippen molar-refractivity contribution in [2.75, 3.05) is 19.3 Å². The minimum Gasteiger partial charge on any atom is -1.00 e. The monoisotopic (exact) mass is 421 g/mol. The second-order valence-electron chi connectivity index (χ2n) is 6.41. The van der Waals surface area contributed by atoms with Crippen molar-refractivity contribution in [1.29, 1.82) is 0 Å². The van der Waals surface area contributed by atoms with Gasteiger partial charge in [-0.25, -0.2) is 17.9 Å². The van der Waals surface area contributed by atoms with Crippen LogP contribution in [0.25, 0.3) is 0 Å². The second-order valence-corrected chi connectivity index (χ2v) is 8.25. The van der Waals surface area contributed by atoms with Gasteiger partial charge in [0.15, 0.2) is 0 Å². The van der Waals surface area contributed by atoms with Crippen molar-refractivity contribution in [3.63, 3.8) is 0 Å². The Morgan fingerprint density at radius 1 is 1.37 bits per heavy atom. The van der Waals surface area contributed by atoms with Crippen LogP contribution in [0.3, 0.4) is 0 Å². The van der Waals surface area contributed by atoms with Crippen LogP contribution in [-0.4, -0.2) is 78.7 Å². The Kier molecular flexibility index (Phi) is 5.76. The zero-order valence-electron chi connectivity index (χ0n) is 15.3. The van der Waals surface area contributed by atoms with E-state index in [0.717, 1.165) is 11.2 Å². The number of nitrogens with one attached hydrogen (secondary N) is 1. The Hall–Kier alpha value is -1.15. The SMILES string of the molecule is CS(=O)(=O)NCC1=C(C(=O)O)N2C(=O)[C@@H]3[C@H]2[C@H](C1)CN3C(=O)C(F)(F)F.[H-].[Na+]. The second kappa shape index (κ2) is 7.03. The Balaban J connectivity index is 0.00000196. The zero-order chi connectivity index (χ0) is 19.6. The van der Waals surface area contributed by atoms with E-state index in [1.807, 2.05) is 0 Å². The van der Waals surface area contributed by atoms with Gasteiger partial charge in [0.1, 0.15) is 11.7 Å². The van der Waals surface area contributed by atoms with E-state index in [4.69, 9.17) is 0 Å². The largest absolute Gasteiger partial charge is 1.00 e. The summed E-state index contributed by atoms with van der Waals surface area (Å²) in [5.74, 6) is -5.13. The summed E-state index contributed by atoms with van der Waals surface area (Å²) < 4.78 is 62.8. The smallest absolute Gasteiger partial charge is 1.00 e. The first kappa shape index (κ1) is 22.1. The van der Waals surface area contributed by atoms with Crippen molar-refractivity contribution in [3.8, 4) is 0 Å². The minimum atomic E-state index is -5.14. The fourth-order valence-corrected chi connectivity index (χ4v) is 4.22. The molecular weight excluding hydrogens is 406 g/mol. The van der Waals surface area contributed by atoms with Crippen LogP contribution in [0.5, 0.6) is 0 Å². The molecular formula is C13H15F3N3NaO6S. The fraction of sp³-hybridized carbons (Fsp3) is 0.615. The maximum Gasteiger partial charge on any atom is 1.00 e. The minimum absolute atomic E-state index is 0. The molecule has 2 amide bonds. The molecule has 2 saturated heterocycles. The number of hydrogen-bond donors (Lipinski definition) is 2. The molecule has 3 heterocycles. The van der Waals surface area contributed by atoms with Gasteiger partial charge < -0.3 is 11.4 Å². The Labute approximate surface area is 175 Å². The number of alkyl halides is 3. The van der Waals surface area contributed by atoms with Crippen LogP contribution >= 0.6 is 0 Å². The standard InChI is InChI=1S/C13H14F3N3O6S.Na.H/c1-26(24,25)17-3-5-2-6-4-18(12(23)13(14,15)16)9-7(6)19(10(9)20)8(5)11(21)22;;/h6-7,9,17H,2-4H2,1H3,(H,21,22);;/q;+1;-1/t6-,7-,9+;;/m1../s1. The Morgan fingerprint density at radius 3 is 2.44 bits per heavy atom. The summed E-state index contributed by atoms with van der Waals surface area (Å²) in [5, 5.41) is 9.39. The van der Waals surface area contributed by atoms with Gasteiger partial charge in [-0.05, 0) is 12.0 Å². The molecule has 0 aromatic carbocycles. The third kappa shape index (κ3) is 3.75. The van der Waals surface area contributed by atoms with E-state index in [9.17, 15) is 41.1 Å². The molecule has 2 N–H and O–H groups in total. The summed E-state index contributed by atoms with van der Waals surface area (Å²) >= 11 is 0. The number of carbonyl (C=O) groups excluding carboxylic acids is 2. The van der Waals surface area contributed by atoms with E-state index in [1.54, 1.807) is 0 Å².